The standard InChI is InChI=1S/C28H26N4O4/c1-18-25(29-27(35)36-19(2)20-7-4-3-5-8-20)32(31-30-18)24-10-6-9-22(17-24)21-11-13-23(14-12-21)28(15-16-28)26(33)34/h3-14,17,19H,15-16H2,1-2H3,(H,29,35)(H,33,34). The maximum atomic E-state index is 12.6. The van der Waals surface area contributed by atoms with Crippen molar-refractivity contribution in [1.29, 1.82) is 0 Å². The molecule has 1 heterocycles. The first-order chi connectivity index (χ1) is 17.4. The maximum absolute atomic E-state index is 12.6. The molecule has 1 atom stereocenters. The fourth-order valence-corrected chi connectivity index (χ4v) is 4.31. The second-order valence-electron chi connectivity index (χ2n) is 9.03. The summed E-state index contributed by atoms with van der Waals surface area (Å²) in [7, 11) is 0. The van der Waals surface area contributed by atoms with Gasteiger partial charge in [-0.05, 0) is 61.1 Å². The van der Waals surface area contributed by atoms with Crippen LogP contribution in [0.2, 0.25) is 0 Å². The molecule has 0 aliphatic heterocycles. The Kier molecular flexibility index (Phi) is 6.01. The first-order valence-corrected chi connectivity index (χ1v) is 11.8. The zero-order valence-corrected chi connectivity index (χ0v) is 20.0. The Morgan fingerprint density at radius 2 is 1.72 bits per heavy atom. The number of aromatic nitrogens is 3. The summed E-state index contributed by atoms with van der Waals surface area (Å²) < 4.78 is 7.11. The second-order valence-corrected chi connectivity index (χ2v) is 9.03. The zero-order valence-electron chi connectivity index (χ0n) is 20.0. The van der Waals surface area contributed by atoms with Crippen LogP contribution in [0.4, 0.5) is 10.6 Å². The molecule has 1 saturated carbocycles. The summed E-state index contributed by atoms with van der Waals surface area (Å²) in [5, 5.41) is 20.7. The molecule has 8 heteroatoms. The van der Waals surface area contributed by atoms with Crippen LogP contribution in [0.1, 0.15) is 42.7 Å². The van der Waals surface area contributed by atoms with Gasteiger partial charge in [-0.3, -0.25) is 10.1 Å². The largest absolute Gasteiger partial charge is 0.481 e. The molecule has 0 spiro atoms. The summed E-state index contributed by atoms with van der Waals surface area (Å²) in [5.41, 5.74) is 4.14. The number of carbonyl (C=O) groups is 2. The monoisotopic (exact) mass is 482 g/mol. The quantitative estimate of drug-likeness (QED) is 0.352. The molecule has 1 aliphatic rings. The minimum atomic E-state index is -0.768. The first kappa shape index (κ1) is 23.3. The lowest BCUT2D eigenvalue weighted by molar-refractivity contribution is -0.140. The molecule has 182 valence electrons. The predicted octanol–water partition coefficient (Wildman–Crippen LogP) is 5.67. The van der Waals surface area contributed by atoms with E-state index in [0.717, 1.165) is 22.3 Å². The van der Waals surface area contributed by atoms with Gasteiger partial charge in [-0.2, -0.15) is 4.68 Å². The van der Waals surface area contributed by atoms with Gasteiger partial charge in [0, 0.05) is 0 Å². The fourth-order valence-electron chi connectivity index (χ4n) is 4.31. The van der Waals surface area contributed by atoms with Crippen molar-refractivity contribution in [3.8, 4) is 16.8 Å². The van der Waals surface area contributed by atoms with Gasteiger partial charge in [-0.1, -0.05) is 71.9 Å². The van der Waals surface area contributed by atoms with Gasteiger partial charge in [0.15, 0.2) is 5.82 Å². The van der Waals surface area contributed by atoms with E-state index in [1.807, 2.05) is 85.8 Å². The number of benzene rings is 3. The summed E-state index contributed by atoms with van der Waals surface area (Å²) in [6.45, 7) is 3.58. The molecule has 1 unspecified atom stereocenters. The van der Waals surface area contributed by atoms with E-state index in [-0.39, 0.29) is 0 Å². The Labute approximate surface area is 208 Å². The molecule has 5 rings (SSSR count). The Hall–Kier alpha value is -4.46. The zero-order chi connectivity index (χ0) is 25.3. The minimum Gasteiger partial charge on any atom is -0.481 e. The van der Waals surface area contributed by atoms with E-state index in [1.54, 1.807) is 11.6 Å². The van der Waals surface area contributed by atoms with Crippen molar-refractivity contribution >= 4 is 17.9 Å². The number of ether oxygens (including phenoxy) is 1. The number of anilines is 1. The Morgan fingerprint density at radius 1 is 1.00 bits per heavy atom. The number of amides is 1. The van der Waals surface area contributed by atoms with Crippen LogP contribution in [-0.4, -0.2) is 32.2 Å². The number of aryl methyl sites for hydroxylation is 1. The van der Waals surface area contributed by atoms with E-state index >= 15 is 0 Å². The van der Waals surface area contributed by atoms with E-state index in [4.69, 9.17) is 4.74 Å². The topological polar surface area (TPSA) is 106 Å². The van der Waals surface area contributed by atoms with Crippen molar-refractivity contribution in [3.05, 3.63) is 95.7 Å². The van der Waals surface area contributed by atoms with Gasteiger partial charge < -0.3 is 9.84 Å². The number of carboxylic acid groups (broad SMARTS) is 1. The van der Waals surface area contributed by atoms with Crippen LogP contribution in [-0.2, 0) is 14.9 Å². The molecule has 2 N–H and O–H groups in total. The number of hydrogen-bond donors (Lipinski definition) is 2. The van der Waals surface area contributed by atoms with Crippen LogP contribution in [0.3, 0.4) is 0 Å². The summed E-state index contributed by atoms with van der Waals surface area (Å²) in [6, 6.07) is 24.8. The van der Waals surface area contributed by atoms with Crippen LogP contribution >= 0.6 is 0 Å². The van der Waals surface area contributed by atoms with E-state index < -0.39 is 23.6 Å². The van der Waals surface area contributed by atoms with Crippen molar-refractivity contribution < 1.29 is 19.4 Å². The van der Waals surface area contributed by atoms with E-state index in [1.165, 1.54) is 0 Å². The lowest BCUT2D eigenvalue weighted by Gasteiger charge is -2.15. The summed E-state index contributed by atoms with van der Waals surface area (Å²) in [4.78, 5) is 24.3. The van der Waals surface area contributed by atoms with Crippen LogP contribution in [0.25, 0.3) is 16.8 Å². The average molecular weight is 483 g/mol. The number of nitrogens with one attached hydrogen (secondary N) is 1. The number of aliphatic carboxylic acids is 1. The van der Waals surface area contributed by atoms with Crippen LogP contribution in [0.15, 0.2) is 78.9 Å². The van der Waals surface area contributed by atoms with Gasteiger partial charge in [0.2, 0.25) is 0 Å². The van der Waals surface area contributed by atoms with Crippen molar-refractivity contribution in [3.63, 3.8) is 0 Å². The molecule has 0 saturated heterocycles. The minimum absolute atomic E-state index is 0.418. The number of hydrogen-bond acceptors (Lipinski definition) is 5. The number of carboxylic acids is 1. The smallest absolute Gasteiger partial charge is 0.413 e. The number of nitrogens with zero attached hydrogens (tertiary/aromatic N) is 3. The number of rotatable bonds is 7. The molecule has 1 aliphatic carbocycles. The summed E-state index contributed by atoms with van der Waals surface area (Å²) in [5.74, 6) is -0.347. The fraction of sp³-hybridized carbons (Fsp3) is 0.214. The van der Waals surface area contributed by atoms with Gasteiger partial charge >= 0.3 is 12.1 Å². The Bertz CT molecular complexity index is 1410. The molecule has 3 aromatic carbocycles. The van der Waals surface area contributed by atoms with Gasteiger partial charge in [0.25, 0.3) is 0 Å². The van der Waals surface area contributed by atoms with Crippen LogP contribution in [0.5, 0.6) is 0 Å². The van der Waals surface area contributed by atoms with Gasteiger partial charge in [-0.25, -0.2) is 4.79 Å². The van der Waals surface area contributed by atoms with E-state index in [2.05, 4.69) is 15.6 Å². The van der Waals surface area contributed by atoms with Crippen molar-refractivity contribution in [2.24, 2.45) is 0 Å². The number of carbonyl (C=O) groups excluding carboxylic acids is 1. The van der Waals surface area contributed by atoms with Gasteiger partial charge in [0.1, 0.15) is 11.8 Å². The second kappa shape index (κ2) is 9.30. The van der Waals surface area contributed by atoms with Crippen molar-refractivity contribution in [2.75, 3.05) is 5.32 Å². The normalized spacial score (nSPS) is 14.6. The molecule has 0 radical (unpaired) electrons. The van der Waals surface area contributed by atoms with E-state index in [0.29, 0.717) is 30.0 Å². The van der Waals surface area contributed by atoms with Gasteiger partial charge in [0.05, 0.1) is 11.1 Å². The SMILES string of the molecule is Cc1nnn(-c2cccc(-c3ccc(C4(C(=O)O)CC4)cc3)c2)c1NC(=O)OC(C)c1ccccc1. The molecule has 1 fully saturated rings. The lowest BCUT2D eigenvalue weighted by Crippen LogP contribution is -2.19. The summed E-state index contributed by atoms with van der Waals surface area (Å²) in [6.07, 6.45) is 0.325. The molecule has 4 aromatic rings. The van der Waals surface area contributed by atoms with Crippen LogP contribution < -0.4 is 5.32 Å². The molecule has 36 heavy (non-hydrogen) atoms. The summed E-state index contributed by atoms with van der Waals surface area (Å²) >= 11 is 0. The molecular formula is C28H26N4O4. The third-order valence-corrected chi connectivity index (χ3v) is 6.63. The van der Waals surface area contributed by atoms with Crippen LogP contribution in [0, 0.1) is 6.92 Å². The highest BCUT2D eigenvalue weighted by Gasteiger charge is 2.51. The third-order valence-electron chi connectivity index (χ3n) is 6.63. The highest BCUT2D eigenvalue weighted by atomic mass is 16.6. The highest BCUT2D eigenvalue weighted by molar-refractivity contribution is 5.86. The van der Waals surface area contributed by atoms with Crippen molar-refractivity contribution in [2.45, 2.75) is 38.2 Å². The molecule has 1 amide bonds. The molecule has 8 nitrogen and oxygen atoms in total. The lowest BCUT2D eigenvalue weighted by atomic mass is 9.94. The Balaban J connectivity index is 1.35. The average Bonchev–Trinajstić information content (AvgIpc) is 3.64. The molecular weight excluding hydrogens is 456 g/mol. The van der Waals surface area contributed by atoms with Crippen molar-refractivity contribution in [1.82, 2.24) is 15.0 Å². The van der Waals surface area contributed by atoms with E-state index in [9.17, 15) is 14.7 Å². The first-order valence-electron chi connectivity index (χ1n) is 11.8. The Morgan fingerprint density at radius 3 is 2.39 bits per heavy atom. The third kappa shape index (κ3) is 4.45. The maximum Gasteiger partial charge on any atom is 0.413 e. The molecule has 0 bridgehead atoms. The highest BCUT2D eigenvalue weighted by Crippen LogP contribution is 2.48. The molecule has 1 aromatic heterocycles. The van der Waals surface area contributed by atoms with Gasteiger partial charge in [-0.15, -0.1) is 5.10 Å². The predicted molar refractivity (Wildman–Crippen MR) is 135 cm³/mol.